The molecule has 0 atom stereocenters. The third kappa shape index (κ3) is 5.42. The van der Waals surface area contributed by atoms with Gasteiger partial charge >= 0.3 is 6.61 Å². The number of sulfonamides is 1. The fraction of sp³-hybridized carbons (Fsp3) is 0.316. The van der Waals surface area contributed by atoms with Crippen LogP contribution < -0.4 is 14.8 Å². The average molecular weight is 428 g/mol. The van der Waals surface area contributed by atoms with Gasteiger partial charge in [0.25, 0.3) is 5.91 Å². The smallest absolute Gasteiger partial charge is 0.387 e. The van der Waals surface area contributed by atoms with Crippen LogP contribution in [0, 0.1) is 0 Å². The van der Waals surface area contributed by atoms with E-state index in [2.05, 4.69) is 10.1 Å². The van der Waals surface area contributed by atoms with Gasteiger partial charge in [0.05, 0.1) is 12.0 Å². The number of hydrogen-bond donors (Lipinski definition) is 1. The zero-order valence-corrected chi connectivity index (χ0v) is 17.2. The molecule has 0 bridgehead atoms. The lowest BCUT2D eigenvalue weighted by Crippen LogP contribution is -2.33. The molecule has 10 heteroatoms. The molecule has 0 heterocycles. The summed E-state index contributed by atoms with van der Waals surface area (Å²) in [5.41, 5.74) is 0.408. The molecule has 29 heavy (non-hydrogen) atoms. The number of nitrogens with zero attached hydrogens (tertiary/aromatic N) is 1. The van der Waals surface area contributed by atoms with Crippen molar-refractivity contribution in [2.75, 3.05) is 19.5 Å². The molecule has 7 nitrogen and oxygen atoms in total. The Morgan fingerprint density at radius 3 is 2.21 bits per heavy atom. The minimum absolute atomic E-state index is 0.0577. The Balaban J connectivity index is 2.20. The standard InChI is InChI=1S/C19H22F2N2O5S/c1-12(2)23(3)29(25,26)15-8-5-13(6-9-15)18(24)22-14-7-10-16(27-4)17(11-14)28-19(20)21/h5-12,19H,1-4H3,(H,22,24). The molecule has 0 unspecified atom stereocenters. The SMILES string of the molecule is COc1ccc(NC(=O)c2ccc(S(=O)(=O)N(C)C(C)C)cc2)cc1OC(F)F. The van der Waals surface area contributed by atoms with Crippen molar-refractivity contribution in [1.29, 1.82) is 0 Å². The van der Waals surface area contributed by atoms with Gasteiger partial charge in [-0.2, -0.15) is 13.1 Å². The van der Waals surface area contributed by atoms with Crippen molar-refractivity contribution < 1.29 is 31.5 Å². The van der Waals surface area contributed by atoms with Crippen molar-refractivity contribution >= 4 is 21.6 Å². The molecule has 0 aromatic heterocycles. The Bertz CT molecular complexity index is 963. The molecule has 0 spiro atoms. The van der Waals surface area contributed by atoms with E-state index in [1.165, 1.54) is 60.9 Å². The van der Waals surface area contributed by atoms with Crippen molar-refractivity contribution in [2.24, 2.45) is 0 Å². The Kier molecular flexibility index (Phi) is 7.15. The summed E-state index contributed by atoms with van der Waals surface area (Å²) in [5.74, 6) is -0.676. The highest BCUT2D eigenvalue weighted by atomic mass is 32.2. The first-order valence-electron chi connectivity index (χ1n) is 8.58. The summed E-state index contributed by atoms with van der Waals surface area (Å²) in [7, 11) is -0.885. The summed E-state index contributed by atoms with van der Waals surface area (Å²) in [4.78, 5) is 12.5. The van der Waals surface area contributed by atoms with Crippen LogP contribution in [0.3, 0.4) is 0 Å². The number of halogens is 2. The minimum Gasteiger partial charge on any atom is -0.493 e. The van der Waals surface area contributed by atoms with Gasteiger partial charge in [0, 0.05) is 30.4 Å². The van der Waals surface area contributed by atoms with Crippen LogP contribution in [0.2, 0.25) is 0 Å². The fourth-order valence-corrected chi connectivity index (χ4v) is 3.74. The number of hydrogen-bond acceptors (Lipinski definition) is 5. The van der Waals surface area contributed by atoms with Crippen LogP contribution in [0.4, 0.5) is 14.5 Å². The maximum absolute atomic E-state index is 12.5. The van der Waals surface area contributed by atoms with Gasteiger partial charge < -0.3 is 14.8 Å². The van der Waals surface area contributed by atoms with Gasteiger partial charge in [-0.05, 0) is 50.2 Å². The van der Waals surface area contributed by atoms with Crippen LogP contribution in [-0.4, -0.2) is 45.4 Å². The number of methoxy groups -OCH3 is 1. The Morgan fingerprint density at radius 1 is 1.07 bits per heavy atom. The second-order valence-electron chi connectivity index (χ2n) is 6.34. The van der Waals surface area contributed by atoms with Gasteiger partial charge in [-0.25, -0.2) is 8.42 Å². The number of amides is 1. The van der Waals surface area contributed by atoms with Gasteiger partial charge in [-0.3, -0.25) is 4.79 Å². The summed E-state index contributed by atoms with van der Waals surface area (Å²) < 4.78 is 60.5. The van der Waals surface area contributed by atoms with Gasteiger partial charge in [0.1, 0.15) is 0 Å². The van der Waals surface area contributed by atoms with Crippen LogP contribution in [0.25, 0.3) is 0 Å². The van der Waals surface area contributed by atoms with Gasteiger partial charge in [-0.1, -0.05) is 0 Å². The monoisotopic (exact) mass is 428 g/mol. The predicted molar refractivity (Wildman–Crippen MR) is 104 cm³/mol. The number of nitrogens with one attached hydrogen (secondary N) is 1. The summed E-state index contributed by atoms with van der Waals surface area (Å²) in [6, 6.07) is 9.25. The molecule has 0 fully saturated rings. The van der Waals surface area contributed by atoms with Crippen LogP contribution in [-0.2, 0) is 10.0 Å². The van der Waals surface area contributed by atoms with Gasteiger partial charge in [0.15, 0.2) is 11.5 Å². The normalized spacial score (nSPS) is 11.8. The number of rotatable bonds is 8. The van der Waals surface area contributed by atoms with Crippen LogP contribution >= 0.6 is 0 Å². The van der Waals surface area contributed by atoms with E-state index in [9.17, 15) is 22.0 Å². The van der Waals surface area contributed by atoms with E-state index in [1.807, 2.05) is 0 Å². The highest BCUT2D eigenvalue weighted by Crippen LogP contribution is 2.31. The zero-order chi connectivity index (χ0) is 21.8. The van der Waals surface area contributed by atoms with Crippen LogP contribution in [0.1, 0.15) is 24.2 Å². The number of carbonyl (C=O) groups is 1. The first-order valence-corrected chi connectivity index (χ1v) is 10.0. The molecule has 2 rings (SSSR count). The number of carbonyl (C=O) groups excluding carboxylic acids is 1. The number of alkyl halides is 2. The first-order chi connectivity index (χ1) is 13.6. The van der Waals surface area contributed by atoms with Crippen molar-refractivity contribution in [1.82, 2.24) is 4.31 Å². The molecule has 1 amide bonds. The van der Waals surface area contributed by atoms with Crippen molar-refractivity contribution in [2.45, 2.75) is 31.4 Å². The van der Waals surface area contributed by atoms with E-state index < -0.39 is 22.5 Å². The molecule has 2 aromatic carbocycles. The topological polar surface area (TPSA) is 84.9 Å². The molecular weight excluding hydrogens is 406 g/mol. The molecule has 1 N–H and O–H groups in total. The van der Waals surface area contributed by atoms with E-state index >= 15 is 0 Å². The summed E-state index contributed by atoms with van der Waals surface area (Å²) in [6.07, 6.45) is 0. The first kappa shape index (κ1) is 22.6. The maximum Gasteiger partial charge on any atom is 0.387 e. The Morgan fingerprint density at radius 2 is 1.69 bits per heavy atom. The molecule has 0 aliphatic rings. The molecule has 0 radical (unpaired) electrons. The molecule has 0 saturated carbocycles. The largest absolute Gasteiger partial charge is 0.493 e. The number of anilines is 1. The summed E-state index contributed by atoms with van der Waals surface area (Å²) in [6.45, 7) is 0.453. The quantitative estimate of drug-likeness (QED) is 0.695. The Labute approximate surface area is 168 Å². The summed E-state index contributed by atoms with van der Waals surface area (Å²) in [5, 5.41) is 2.54. The lowest BCUT2D eigenvalue weighted by molar-refractivity contribution is -0.0511. The van der Waals surface area contributed by atoms with Crippen molar-refractivity contribution in [3.8, 4) is 11.5 Å². The molecular formula is C19H22F2N2O5S. The van der Waals surface area contributed by atoms with Gasteiger partial charge in [0.2, 0.25) is 10.0 Å². The molecule has 158 valence electrons. The van der Waals surface area contributed by atoms with E-state index in [4.69, 9.17) is 4.74 Å². The van der Waals surface area contributed by atoms with E-state index in [1.54, 1.807) is 13.8 Å². The highest BCUT2D eigenvalue weighted by Gasteiger charge is 2.23. The maximum atomic E-state index is 12.5. The molecule has 0 aliphatic carbocycles. The summed E-state index contributed by atoms with van der Waals surface area (Å²) >= 11 is 0. The minimum atomic E-state index is -3.66. The molecule has 2 aromatic rings. The van der Waals surface area contributed by atoms with E-state index in [-0.39, 0.29) is 33.7 Å². The van der Waals surface area contributed by atoms with Gasteiger partial charge in [-0.15, -0.1) is 0 Å². The Hall–Kier alpha value is -2.72. The second kappa shape index (κ2) is 9.19. The molecule has 0 aliphatic heterocycles. The van der Waals surface area contributed by atoms with E-state index in [0.717, 1.165) is 0 Å². The average Bonchev–Trinajstić information content (AvgIpc) is 2.67. The molecule has 0 saturated heterocycles. The van der Waals surface area contributed by atoms with Crippen LogP contribution in [0.15, 0.2) is 47.4 Å². The second-order valence-corrected chi connectivity index (χ2v) is 8.34. The lowest BCUT2D eigenvalue weighted by atomic mass is 10.2. The number of ether oxygens (including phenoxy) is 2. The van der Waals surface area contributed by atoms with Crippen LogP contribution in [0.5, 0.6) is 11.5 Å². The van der Waals surface area contributed by atoms with Crippen molar-refractivity contribution in [3.05, 3.63) is 48.0 Å². The highest BCUT2D eigenvalue weighted by molar-refractivity contribution is 7.89. The van der Waals surface area contributed by atoms with E-state index in [0.29, 0.717) is 0 Å². The number of benzene rings is 2. The third-order valence-corrected chi connectivity index (χ3v) is 6.21. The van der Waals surface area contributed by atoms with Crippen molar-refractivity contribution in [3.63, 3.8) is 0 Å². The fourth-order valence-electron chi connectivity index (χ4n) is 2.37. The zero-order valence-electron chi connectivity index (χ0n) is 16.3. The lowest BCUT2D eigenvalue weighted by Gasteiger charge is -2.21. The predicted octanol–water partition coefficient (Wildman–Crippen LogP) is 3.58. The third-order valence-electron chi connectivity index (χ3n) is 4.16.